The van der Waals surface area contributed by atoms with Gasteiger partial charge in [0.15, 0.2) is 0 Å². The number of sulfonamides is 1. The first-order valence-electron chi connectivity index (χ1n) is 11.2. The number of halogens is 1. The Morgan fingerprint density at radius 2 is 1.69 bits per heavy atom. The molecule has 0 saturated heterocycles. The van der Waals surface area contributed by atoms with E-state index in [0.29, 0.717) is 23.0 Å². The molecule has 1 unspecified atom stereocenters. The van der Waals surface area contributed by atoms with Gasteiger partial charge in [-0.15, -0.1) is 10.2 Å². The third-order valence-corrected chi connectivity index (χ3v) is 7.73. The number of rotatable bonds is 8. The third kappa shape index (κ3) is 5.89. The minimum Gasteiger partial charge on any atom is -0.465 e. The summed E-state index contributed by atoms with van der Waals surface area (Å²) in [7, 11) is -2.02. The highest BCUT2D eigenvalue weighted by atomic mass is 79.9. The van der Waals surface area contributed by atoms with Crippen molar-refractivity contribution in [2.45, 2.75) is 50.5 Å². The Morgan fingerprint density at radius 3 is 2.22 bits per heavy atom. The number of nitrogens with zero attached hydrogens (tertiary/aromatic N) is 4. The standard InChI is InChI=1S/C25H31BrN4O5S/c1-24(2,3)30(23(31)32)25(4,15-17-10-8-7-9-11-17)22-28-27-21(35-22)19-12-18(16-26)13-20(14-19)29(5)36(6,33)34/h7-14H,15-16H2,1-6H3,(H,31,32). The van der Waals surface area contributed by atoms with Gasteiger partial charge in [-0.3, -0.25) is 9.21 Å². The van der Waals surface area contributed by atoms with Crippen LogP contribution in [-0.2, 0) is 27.3 Å². The predicted octanol–water partition coefficient (Wildman–Crippen LogP) is 5.26. The fraction of sp³-hybridized carbons (Fsp3) is 0.400. The summed E-state index contributed by atoms with van der Waals surface area (Å²) < 4.78 is 31.6. The SMILES string of the molecule is CN(c1cc(CBr)cc(-c2nnc(C(C)(Cc3ccccc3)N(C(=O)O)C(C)(C)C)o2)c1)S(C)(=O)=O. The average molecular weight is 580 g/mol. The normalized spacial score (nSPS) is 13.8. The van der Waals surface area contributed by atoms with Gasteiger partial charge in [-0.05, 0) is 57.0 Å². The number of aromatic nitrogens is 2. The van der Waals surface area contributed by atoms with Crippen molar-refractivity contribution in [2.24, 2.45) is 0 Å². The molecular formula is C25H31BrN4O5S. The van der Waals surface area contributed by atoms with E-state index in [0.717, 1.165) is 17.4 Å². The monoisotopic (exact) mass is 578 g/mol. The van der Waals surface area contributed by atoms with E-state index in [-0.39, 0.29) is 11.8 Å². The predicted molar refractivity (Wildman–Crippen MR) is 143 cm³/mol. The van der Waals surface area contributed by atoms with Gasteiger partial charge in [0.2, 0.25) is 21.8 Å². The summed E-state index contributed by atoms with van der Waals surface area (Å²) in [4.78, 5) is 13.8. The summed E-state index contributed by atoms with van der Waals surface area (Å²) >= 11 is 3.42. The highest BCUT2D eigenvalue weighted by molar-refractivity contribution is 9.08. The maximum Gasteiger partial charge on any atom is 0.408 e. The maximum absolute atomic E-state index is 12.5. The highest BCUT2D eigenvalue weighted by Gasteiger charge is 2.47. The number of hydrogen-bond donors (Lipinski definition) is 1. The van der Waals surface area contributed by atoms with E-state index in [9.17, 15) is 18.3 Å². The molecule has 1 atom stereocenters. The molecule has 9 nitrogen and oxygen atoms in total. The van der Waals surface area contributed by atoms with Crippen LogP contribution >= 0.6 is 15.9 Å². The molecule has 3 aromatic rings. The van der Waals surface area contributed by atoms with E-state index < -0.39 is 27.2 Å². The van der Waals surface area contributed by atoms with Gasteiger partial charge in [0.25, 0.3) is 0 Å². The minimum absolute atomic E-state index is 0.140. The van der Waals surface area contributed by atoms with Crippen LogP contribution in [0.5, 0.6) is 0 Å². The Labute approximate surface area is 220 Å². The number of anilines is 1. The van der Waals surface area contributed by atoms with Crippen LogP contribution < -0.4 is 4.31 Å². The molecule has 0 aliphatic heterocycles. The van der Waals surface area contributed by atoms with Gasteiger partial charge in [-0.1, -0.05) is 46.3 Å². The maximum atomic E-state index is 12.5. The summed E-state index contributed by atoms with van der Waals surface area (Å²) in [6.07, 6.45) is 0.321. The molecule has 3 rings (SSSR count). The van der Waals surface area contributed by atoms with Crippen LogP contribution in [0.4, 0.5) is 10.5 Å². The van der Waals surface area contributed by atoms with E-state index in [1.54, 1.807) is 19.1 Å². The van der Waals surface area contributed by atoms with Gasteiger partial charge in [0.05, 0.1) is 11.9 Å². The molecule has 0 aliphatic carbocycles. The summed E-state index contributed by atoms with van der Waals surface area (Å²) in [5.74, 6) is 0.301. The Morgan fingerprint density at radius 1 is 1.06 bits per heavy atom. The molecule has 0 saturated carbocycles. The fourth-order valence-corrected chi connectivity index (χ4v) is 5.10. The first-order chi connectivity index (χ1) is 16.7. The van der Waals surface area contributed by atoms with Gasteiger partial charge >= 0.3 is 6.09 Å². The Hall–Kier alpha value is -2.92. The highest BCUT2D eigenvalue weighted by Crippen LogP contribution is 2.38. The summed E-state index contributed by atoms with van der Waals surface area (Å²) in [5.41, 5.74) is 0.732. The topological polar surface area (TPSA) is 117 Å². The summed E-state index contributed by atoms with van der Waals surface area (Å²) in [5, 5.41) is 19.2. The Balaban J connectivity index is 2.16. The van der Waals surface area contributed by atoms with E-state index in [1.165, 1.54) is 16.3 Å². The van der Waals surface area contributed by atoms with E-state index in [4.69, 9.17) is 4.42 Å². The molecule has 1 aromatic heterocycles. The molecule has 0 aliphatic rings. The number of hydrogen-bond acceptors (Lipinski definition) is 6. The Kier molecular flexibility index (Phi) is 7.85. The number of benzene rings is 2. The smallest absolute Gasteiger partial charge is 0.408 e. The van der Waals surface area contributed by atoms with E-state index >= 15 is 0 Å². The first-order valence-corrected chi connectivity index (χ1v) is 14.2. The van der Waals surface area contributed by atoms with Crippen molar-refractivity contribution in [3.63, 3.8) is 0 Å². The van der Waals surface area contributed by atoms with Crippen LogP contribution in [0.25, 0.3) is 11.5 Å². The molecule has 11 heteroatoms. The van der Waals surface area contributed by atoms with E-state index in [2.05, 4.69) is 26.1 Å². The molecule has 0 fully saturated rings. The van der Waals surface area contributed by atoms with E-state index in [1.807, 2.05) is 57.2 Å². The molecule has 1 heterocycles. The summed E-state index contributed by atoms with van der Waals surface area (Å²) in [6.45, 7) is 7.21. The van der Waals surface area contributed by atoms with Crippen molar-refractivity contribution >= 4 is 37.7 Å². The molecule has 0 bridgehead atoms. The number of alkyl halides is 1. The zero-order valence-electron chi connectivity index (χ0n) is 21.2. The van der Waals surface area contributed by atoms with Crippen molar-refractivity contribution in [3.8, 4) is 11.5 Å². The van der Waals surface area contributed by atoms with Crippen molar-refractivity contribution in [1.82, 2.24) is 15.1 Å². The van der Waals surface area contributed by atoms with Gasteiger partial charge in [-0.25, -0.2) is 13.2 Å². The largest absolute Gasteiger partial charge is 0.465 e. The molecule has 2 aromatic carbocycles. The van der Waals surface area contributed by atoms with Crippen LogP contribution in [-0.4, -0.2) is 53.6 Å². The van der Waals surface area contributed by atoms with Crippen molar-refractivity contribution in [1.29, 1.82) is 0 Å². The van der Waals surface area contributed by atoms with Crippen LogP contribution in [0.1, 0.15) is 44.7 Å². The Bertz CT molecular complexity index is 1340. The fourth-order valence-electron chi connectivity index (χ4n) is 4.29. The number of amides is 1. The first kappa shape index (κ1) is 27.7. The lowest BCUT2D eigenvalue weighted by atomic mass is 9.87. The average Bonchev–Trinajstić information content (AvgIpc) is 3.28. The number of carboxylic acid groups (broad SMARTS) is 1. The molecule has 36 heavy (non-hydrogen) atoms. The lowest BCUT2D eigenvalue weighted by molar-refractivity contribution is 0.00810. The zero-order chi connectivity index (χ0) is 26.9. The van der Waals surface area contributed by atoms with Crippen LogP contribution in [0, 0.1) is 0 Å². The summed E-state index contributed by atoms with van der Waals surface area (Å²) in [6, 6.07) is 14.7. The van der Waals surface area contributed by atoms with Gasteiger partial charge in [0.1, 0.15) is 5.54 Å². The number of carbonyl (C=O) groups is 1. The second-order valence-electron chi connectivity index (χ2n) is 9.89. The quantitative estimate of drug-likeness (QED) is 0.362. The lowest BCUT2D eigenvalue weighted by Crippen LogP contribution is -2.57. The molecule has 0 radical (unpaired) electrons. The second kappa shape index (κ2) is 10.2. The van der Waals surface area contributed by atoms with Crippen LogP contribution in [0.15, 0.2) is 52.9 Å². The zero-order valence-corrected chi connectivity index (χ0v) is 23.6. The van der Waals surface area contributed by atoms with Crippen molar-refractivity contribution in [2.75, 3.05) is 17.6 Å². The minimum atomic E-state index is -3.49. The second-order valence-corrected chi connectivity index (χ2v) is 12.5. The molecular weight excluding hydrogens is 548 g/mol. The third-order valence-electron chi connectivity index (χ3n) is 5.87. The van der Waals surface area contributed by atoms with Crippen molar-refractivity contribution < 1.29 is 22.7 Å². The van der Waals surface area contributed by atoms with Gasteiger partial charge < -0.3 is 9.52 Å². The molecule has 1 amide bonds. The van der Waals surface area contributed by atoms with Gasteiger partial charge in [-0.2, -0.15) is 0 Å². The van der Waals surface area contributed by atoms with Gasteiger partial charge in [0, 0.05) is 29.9 Å². The van der Waals surface area contributed by atoms with Crippen LogP contribution in [0.2, 0.25) is 0 Å². The molecule has 0 spiro atoms. The lowest BCUT2D eigenvalue weighted by Gasteiger charge is -2.45. The molecule has 1 N–H and O–H groups in total. The van der Waals surface area contributed by atoms with Crippen molar-refractivity contribution in [3.05, 3.63) is 65.5 Å². The van der Waals surface area contributed by atoms with Crippen LogP contribution in [0.3, 0.4) is 0 Å². The molecule has 194 valence electrons.